The van der Waals surface area contributed by atoms with Gasteiger partial charge in [-0.3, -0.25) is 0 Å². The van der Waals surface area contributed by atoms with Gasteiger partial charge in [0, 0.05) is 6.04 Å². The van der Waals surface area contributed by atoms with Crippen LogP contribution in [0.4, 0.5) is 0 Å². The molecule has 1 rings (SSSR count). The molecule has 1 nitrogen and oxygen atoms in total. The standard InChI is InChI=1S/C17H35N/c1-3-4-5-7-10-13-16(2)17-14-11-8-6-9-12-15-18-17/h16-18H,3-15H2,1-2H3. The average molecular weight is 253 g/mol. The summed E-state index contributed by atoms with van der Waals surface area (Å²) in [5, 5.41) is 3.81. The van der Waals surface area contributed by atoms with E-state index in [1.54, 1.807) is 0 Å². The summed E-state index contributed by atoms with van der Waals surface area (Å²) in [7, 11) is 0. The minimum Gasteiger partial charge on any atom is -0.314 e. The maximum Gasteiger partial charge on any atom is 0.00926 e. The Morgan fingerprint density at radius 3 is 2.50 bits per heavy atom. The highest BCUT2D eigenvalue weighted by molar-refractivity contribution is 4.74. The van der Waals surface area contributed by atoms with E-state index in [9.17, 15) is 0 Å². The minimum atomic E-state index is 0.800. The molecule has 1 N–H and O–H groups in total. The first-order valence-corrected chi connectivity index (χ1v) is 8.58. The second-order valence-electron chi connectivity index (χ2n) is 6.30. The zero-order chi connectivity index (χ0) is 13.1. The molecule has 1 heterocycles. The van der Waals surface area contributed by atoms with Gasteiger partial charge < -0.3 is 5.32 Å². The fraction of sp³-hybridized carbons (Fsp3) is 1.00. The van der Waals surface area contributed by atoms with Gasteiger partial charge in [-0.15, -0.1) is 0 Å². The first kappa shape index (κ1) is 16.0. The van der Waals surface area contributed by atoms with Crippen LogP contribution in [0.1, 0.15) is 90.9 Å². The molecule has 18 heavy (non-hydrogen) atoms. The zero-order valence-corrected chi connectivity index (χ0v) is 12.8. The lowest BCUT2D eigenvalue weighted by Crippen LogP contribution is -2.35. The fourth-order valence-corrected chi connectivity index (χ4v) is 3.17. The topological polar surface area (TPSA) is 12.0 Å². The quantitative estimate of drug-likeness (QED) is 0.607. The van der Waals surface area contributed by atoms with Crippen molar-refractivity contribution < 1.29 is 0 Å². The number of hydrogen-bond acceptors (Lipinski definition) is 1. The summed E-state index contributed by atoms with van der Waals surface area (Å²) in [4.78, 5) is 0. The maximum atomic E-state index is 3.81. The zero-order valence-electron chi connectivity index (χ0n) is 12.8. The molecule has 2 unspecified atom stereocenters. The molecule has 1 fully saturated rings. The third-order valence-corrected chi connectivity index (χ3v) is 4.55. The Morgan fingerprint density at radius 1 is 0.944 bits per heavy atom. The molecule has 1 saturated heterocycles. The van der Waals surface area contributed by atoms with Crippen LogP contribution in [0, 0.1) is 5.92 Å². The van der Waals surface area contributed by atoms with Gasteiger partial charge in [0.1, 0.15) is 0 Å². The van der Waals surface area contributed by atoms with E-state index in [1.807, 2.05) is 0 Å². The van der Waals surface area contributed by atoms with Crippen LogP contribution in [0.15, 0.2) is 0 Å². The SMILES string of the molecule is CCCCCCCC(C)C1CCCCCCCN1. The van der Waals surface area contributed by atoms with Crippen molar-refractivity contribution in [3.63, 3.8) is 0 Å². The lowest BCUT2D eigenvalue weighted by molar-refractivity contribution is 0.327. The molecule has 0 spiro atoms. The first-order chi connectivity index (χ1) is 8.84. The number of nitrogens with one attached hydrogen (secondary N) is 1. The number of rotatable bonds is 7. The number of unbranched alkanes of at least 4 members (excludes halogenated alkanes) is 4. The molecule has 2 atom stereocenters. The highest BCUT2D eigenvalue weighted by atomic mass is 14.9. The van der Waals surface area contributed by atoms with Crippen LogP contribution < -0.4 is 5.32 Å². The molecule has 0 aromatic carbocycles. The smallest absolute Gasteiger partial charge is 0.00926 e. The molecular weight excluding hydrogens is 218 g/mol. The van der Waals surface area contributed by atoms with Crippen LogP contribution in [0.3, 0.4) is 0 Å². The van der Waals surface area contributed by atoms with Gasteiger partial charge in [0.25, 0.3) is 0 Å². The normalized spacial score (nSPS) is 24.0. The van der Waals surface area contributed by atoms with Gasteiger partial charge in [0.05, 0.1) is 0 Å². The minimum absolute atomic E-state index is 0.800. The van der Waals surface area contributed by atoms with Crippen molar-refractivity contribution in [2.75, 3.05) is 6.54 Å². The van der Waals surface area contributed by atoms with E-state index in [0.717, 1.165) is 12.0 Å². The Hall–Kier alpha value is -0.0400. The predicted octanol–water partition coefficient (Wildman–Crippen LogP) is 5.30. The third kappa shape index (κ3) is 7.41. The van der Waals surface area contributed by atoms with E-state index in [0.29, 0.717) is 0 Å². The Morgan fingerprint density at radius 2 is 1.67 bits per heavy atom. The molecule has 0 aliphatic carbocycles. The average Bonchev–Trinajstić information content (AvgIpc) is 2.51. The van der Waals surface area contributed by atoms with Gasteiger partial charge >= 0.3 is 0 Å². The molecular formula is C17H35N. The van der Waals surface area contributed by atoms with Gasteiger partial charge in [0.2, 0.25) is 0 Å². The monoisotopic (exact) mass is 253 g/mol. The molecule has 1 aliphatic rings. The van der Waals surface area contributed by atoms with Crippen molar-refractivity contribution >= 4 is 0 Å². The highest BCUT2D eigenvalue weighted by Crippen LogP contribution is 2.20. The Balaban J connectivity index is 2.14. The van der Waals surface area contributed by atoms with Gasteiger partial charge in [-0.25, -0.2) is 0 Å². The van der Waals surface area contributed by atoms with Crippen molar-refractivity contribution in [2.45, 2.75) is 96.9 Å². The van der Waals surface area contributed by atoms with E-state index in [1.165, 1.54) is 83.6 Å². The summed E-state index contributed by atoms with van der Waals surface area (Å²) in [5.41, 5.74) is 0. The Labute approximate surface area is 115 Å². The van der Waals surface area contributed by atoms with Crippen LogP contribution >= 0.6 is 0 Å². The summed E-state index contributed by atoms with van der Waals surface area (Å²) in [6, 6.07) is 0.800. The molecule has 108 valence electrons. The van der Waals surface area contributed by atoms with Crippen LogP contribution in [-0.2, 0) is 0 Å². The molecule has 0 aromatic heterocycles. The lowest BCUT2D eigenvalue weighted by Gasteiger charge is -2.25. The van der Waals surface area contributed by atoms with E-state index < -0.39 is 0 Å². The lowest BCUT2D eigenvalue weighted by atomic mass is 9.91. The van der Waals surface area contributed by atoms with Crippen molar-refractivity contribution in [2.24, 2.45) is 5.92 Å². The van der Waals surface area contributed by atoms with E-state index in [-0.39, 0.29) is 0 Å². The van der Waals surface area contributed by atoms with E-state index in [2.05, 4.69) is 19.2 Å². The second-order valence-corrected chi connectivity index (χ2v) is 6.30. The van der Waals surface area contributed by atoms with Gasteiger partial charge in [-0.1, -0.05) is 71.6 Å². The van der Waals surface area contributed by atoms with Gasteiger partial charge in [0.15, 0.2) is 0 Å². The van der Waals surface area contributed by atoms with Crippen molar-refractivity contribution in [1.82, 2.24) is 5.32 Å². The van der Waals surface area contributed by atoms with Crippen LogP contribution in [0.2, 0.25) is 0 Å². The van der Waals surface area contributed by atoms with Crippen LogP contribution in [0.25, 0.3) is 0 Å². The summed E-state index contributed by atoms with van der Waals surface area (Å²) < 4.78 is 0. The van der Waals surface area contributed by atoms with Gasteiger partial charge in [-0.2, -0.15) is 0 Å². The van der Waals surface area contributed by atoms with E-state index >= 15 is 0 Å². The molecule has 0 bridgehead atoms. The second kappa shape index (κ2) is 10.8. The molecule has 1 aliphatic heterocycles. The molecule has 0 aromatic rings. The molecule has 1 heteroatoms. The van der Waals surface area contributed by atoms with Crippen LogP contribution in [0.5, 0.6) is 0 Å². The third-order valence-electron chi connectivity index (χ3n) is 4.55. The largest absolute Gasteiger partial charge is 0.314 e. The molecule has 0 saturated carbocycles. The highest BCUT2D eigenvalue weighted by Gasteiger charge is 2.16. The van der Waals surface area contributed by atoms with Crippen molar-refractivity contribution in [3.8, 4) is 0 Å². The van der Waals surface area contributed by atoms with Gasteiger partial charge in [-0.05, 0) is 31.7 Å². The maximum absolute atomic E-state index is 3.81. The van der Waals surface area contributed by atoms with E-state index in [4.69, 9.17) is 0 Å². The summed E-state index contributed by atoms with van der Waals surface area (Å²) in [6.07, 6.45) is 17.2. The molecule has 0 amide bonds. The van der Waals surface area contributed by atoms with Crippen molar-refractivity contribution in [3.05, 3.63) is 0 Å². The Bertz CT molecular complexity index is 168. The van der Waals surface area contributed by atoms with Crippen LogP contribution in [-0.4, -0.2) is 12.6 Å². The molecule has 0 radical (unpaired) electrons. The summed E-state index contributed by atoms with van der Waals surface area (Å²) in [5.74, 6) is 0.879. The first-order valence-electron chi connectivity index (χ1n) is 8.58. The summed E-state index contributed by atoms with van der Waals surface area (Å²) in [6.45, 7) is 6.02. The van der Waals surface area contributed by atoms with Crippen molar-refractivity contribution in [1.29, 1.82) is 0 Å². The Kier molecular flexibility index (Phi) is 9.65. The summed E-state index contributed by atoms with van der Waals surface area (Å²) >= 11 is 0. The predicted molar refractivity (Wildman–Crippen MR) is 82.0 cm³/mol. The fourth-order valence-electron chi connectivity index (χ4n) is 3.17. The number of hydrogen-bond donors (Lipinski definition) is 1.